The van der Waals surface area contributed by atoms with Gasteiger partial charge in [-0.25, -0.2) is 9.97 Å². The fourth-order valence-corrected chi connectivity index (χ4v) is 3.58. The number of para-hydroxylation sites is 1. The highest BCUT2D eigenvalue weighted by molar-refractivity contribution is 7.22. The quantitative estimate of drug-likeness (QED) is 0.730. The number of nitriles is 1. The number of allylic oxidation sites excluding steroid dienone is 1. The van der Waals surface area contributed by atoms with E-state index < -0.39 is 0 Å². The smallest absolute Gasteiger partial charge is 0.187 e. The van der Waals surface area contributed by atoms with E-state index in [-0.39, 0.29) is 0 Å². The number of benzene rings is 1. The van der Waals surface area contributed by atoms with Crippen LogP contribution in [0.1, 0.15) is 16.3 Å². The van der Waals surface area contributed by atoms with Gasteiger partial charge in [0, 0.05) is 17.3 Å². The fourth-order valence-electron chi connectivity index (χ4n) is 1.90. The summed E-state index contributed by atoms with van der Waals surface area (Å²) in [7, 11) is 0. The Morgan fingerprint density at radius 3 is 2.86 bits per heavy atom. The first-order valence-electron chi connectivity index (χ1n) is 6.33. The molecule has 1 aromatic carbocycles. The topological polar surface area (TPSA) is 61.6 Å². The summed E-state index contributed by atoms with van der Waals surface area (Å²) < 4.78 is 1.13. The van der Waals surface area contributed by atoms with Gasteiger partial charge in [0.05, 0.1) is 10.2 Å². The predicted octanol–water partition coefficient (Wildman–Crippen LogP) is 4.35. The molecule has 0 aliphatic carbocycles. The van der Waals surface area contributed by atoms with E-state index in [1.807, 2.05) is 37.4 Å². The lowest BCUT2D eigenvalue weighted by atomic mass is 10.2. The van der Waals surface area contributed by atoms with Crippen molar-refractivity contribution in [3.8, 4) is 6.07 Å². The van der Waals surface area contributed by atoms with Crippen LogP contribution in [-0.4, -0.2) is 9.97 Å². The van der Waals surface area contributed by atoms with Crippen molar-refractivity contribution in [1.82, 2.24) is 9.97 Å². The molecule has 0 radical (unpaired) electrons. The van der Waals surface area contributed by atoms with Crippen LogP contribution in [0.5, 0.6) is 0 Å². The van der Waals surface area contributed by atoms with Gasteiger partial charge in [0.1, 0.15) is 16.6 Å². The van der Waals surface area contributed by atoms with E-state index in [0.29, 0.717) is 5.57 Å². The van der Waals surface area contributed by atoms with Gasteiger partial charge >= 0.3 is 0 Å². The summed E-state index contributed by atoms with van der Waals surface area (Å²) >= 11 is 3.04. The molecule has 6 heteroatoms. The molecule has 3 aromatic rings. The standard InChI is InChI=1S/C15H12N4S2/c1-9-4-3-5-12-13(9)19-15(21-12)17-7-11(6-16)14-18-10(2)8-20-14/h3-5,7-8H,1-2H3,(H,17,19)/b11-7+. The summed E-state index contributed by atoms with van der Waals surface area (Å²) in [4.78, 5) is 8.88. The highest BCUT2D eigenvalue weighted by Crippen LogP contribution is 2.28. The van der Waals surface area contributed by atoms with Crippen molar-refractivity contribution in [2.45, 2.75) is 13.8 Å². The van der Waals surface area contributed by atoms with Gasteiger partial charge in [-0.2, -0.15) is 5.26 Å². The van der Waals surface area contributed by atoms with E-state index in [0.717, 1.165) is 31.6 Å². The minimum atomic E-state index is 0.518. The van der Waals surface area contributed by atoms with Crippen LogP contribution in [0, 0.1) is 25.2 Å². The van der Waals surface area contributed by atoms with Crippen LogP contribution in [0.25, 0.3) is 15.8 Å². The van der Waals surface area contributed by atoms with Crippen LogP contribution >= 0.6 is 22.7 Å². The minimum absolute atomic E-state index is 0.518. The van der Waals surface area contributed by atoms with E-state index in [1.54, 1.807) is 17.5 Å². The lowest BCUT2D eigenvalue weighted by Gasteiger charge is -1.95. The number of fused-ring (bicyclic) bond motifs is 1. The van der Waals surface area contributed by atoms with Crippen molar-refractivity contribution in [3.63, 3.8) is 0 Å². The number of aryl methyl sites for hydroxylation is 2. The molecular weight excluding hydrogens is 300 g/mol. The third-order valence-electron chi connectivity index (χ3n) is 2.93. The lowest BCUT2D eigenvalue weighted by molar-refractivity contribution is 1.24. The summed E-state index contributed by atoms with van der Waals surface area (Å²) in [5.74, 6) is 0. The maximum atomic E-state index is 9.24. The summed E-state index contributed by atoms with van der Waals surface area (Å²) in [6, 6.07) is 8.28. The molecule has 2 heterocycles. The molecule has 104 valence electrons. The first-order valence-corrected chi connectivity index (χ1v) is 8.02. The van der Waals surface area contributed by atoms with Crippen LogP contribution < -0.4 is 5.32 Å². The second-order valence-electron chi connectivity index (χ2n) is 4.55. The fraction of sp³-hybridized carbons (Fsp3) is 0.133. The van der Waals surface area contributed by atoms with Crippen LogP contribution in [0.2, 0.25) is 0 Å². The van der Waals surface area contributed by atoms with E-state index in [9.17, 15) is 5.26 Å². The first kappa shape index (κ1) is 13.7. The van der Waals surface area contributed by atoms with E-state index in [4.69, 9.17) is 0 Å². The molecule has 21 heavy (non-hydrogen) atoms. The number of rotatable bonds is 3. The van der Waals surface area contributed by atoms with Crippen molar-refractivity contribution in [3.05, 3.63) is 46.0 Å². The molecule has 4 nitrogen and oxygen atoms in total. The van der Waals surface area contributed by atoms with Crippen molar-refractivity contribution in [1.29, 1.82) is 5.26 Å². The van der Waals surface area contributed by atoms with Crippen molar-refractivity contribution in [2.75, 3.05) is 5.32 Å². The second-order valence-corrected chi connectivity index (χ2v) is 6.44. The molecule has 0 fully saturated rings. The molecule has 0 saturated carbocycles. The average Bonchev–Trinajstić information content (AvgIpc) is 3.07. The number of thiazole rings is 2. The number of anilines is 1. The van der Waals surface area contributed by atoms with E-state index in [2.05, 4.69) is 21.4 Å². The van der Waals surface area contributed by atoms with Gasteiger partial charge in [-0.1, -0.05) is 23.5 Å². The summed E-state index contributed by atoms with van der Waals surface area (Å²) in [6.45, 7) is 3.96. The molecule has 0 saturated heterocycles. The van der Waals surface area contributed by atoms with Crippen LogP contribution in [0.3, 0.4) is 0 Å². The van der Waals surface area contributed by atoms with Gasteiger partial charge in [0.2, 0.25) is 0 Å². The van der Waals surface area contributed by atoms with Gasteiger partial charge < -0.3 is 5.32 Å². The van der Waals surface area contributed by atoms with Crippen molar-refractivity contribution in [2.24, 2.45) is 0 Å². The predicted molar refractivity (Wildman–Crippen MR) is 88.4 cm³/mol. The molecule has 1 N–H and O–H groups in total. The SMILES string of the molecule is Cc1csc(/C(C#N)=C/Nc2nc3c(C)cccc3s2)n1. The third-order valence-corrected chi connectivity index (χ3v) is 4.88. The summed E-state index contributed by atoms with van der Waals surface area (Å²) in [6.07, 6.45) is 1.67. The Hall–Kier alpha value is -2.23. The zero-order valence-corrected chi connectivity index (χ0v) is 13.2. The Labute approximate surface area is 130 Å². The first-order chi connectivity index (χ1) is 10.2. The van der Waals surface area contributed by atoms with E-state index in [1.165, 1.54) is 11.3 Å². The second kappa shape index (κ2) is 5.64. The lowest BCUT2D eigenvalue weighted by Crippen LogP contribution is -1.90. The Kier molecular flexibility index (Phi) is 3.69. The average molecular weight is 312 g/mol. The zero-order chi connectivity index (χ0) is 14.8. The molecule has 3 rings (SSSR count). The van der Waals surface area contributed by atoms with Crippen LogP contribution in [0.4, 0.5) is 5.13 Å². The molecule has 0 amide bonds. The molecular formula is C15H12N4S2. The molecule has 0 aliphatic rings. The van der Waals surface area contributed by atoms with Crippen molar-refractivity contribution >= 4 is 43.6 Å². The molecule has 0 atom stereocenters. The highest BCUT2D eigenvalue weighted by atomic mass is 32.1. The normalized spacial score (nSPS) is 11.6. The van der Waals surface area contributed by atoms with Gasteiger partial charge in [-0.15, -0.1) is 11.3 Å². The maximum absolute atomic E-state index is 9.24. The molecule has 0 spiro atoms. The Morgan fingerprint density at radius 1 is 1.33 bits per heavy atom. The number of hydrogen-bond donors (Lipinski definition) is 1. The Balaban J connectivity index is 1.89. The van der Waals surface area contributed by atoms with E-state index >= 15 is 0 Å². The van der Waals surface area contributed by atoms with Crippen molar-refractivity contribution < 1.29 is 0 Å². The van der Waals surface area contributed by atoms with Gasteiger partial charge in [-0.05, 0) is 25.5 Å². The Morgan fingerprint density at radius 2 is 2.19 bits per heavy atom. The molecule has 0 aliphatic heterocycles. The Bertz CT molecular complexity index is 867. The zero-order valence-electron chi connectivity index (χ0n) is 11.5. The number of aromatic nitrogens is 2. The summed E-state index contributed by atoms with van der Waals surface area (Å²) in [5, 5.41) is 15.8. The van der Waals surface area contributed by atoms with Crippen LogP contribution in [0.15, 0.2) is 29.8 Å². The van der Waals surface area contributed by atoms with Gasteiger partial charge in [0.25, 0.3) is 0 Å². The molecule has 0 bridgehead atoms. The largest absolute Gasteiger partial charge is 0.337 e. The molecule has 2 aromatic heterocycles. The highest BCUT2D eigenvalue weighted by Gasteiger charge is 2.07. The summed E-state index contributed by atoms with van der Waals surface area (Å²) in [5.41, 5.74) is 3.59. The number of nitrogens with zero attached hydrogens (tertiary/aromatic N) is 3. The van der Waals surface area contributed by atoms with Crippen LogP contribution in [-0.2, 0) is 0 Å². The van der Waals surface area contributed by atoms with Gasteiger partial charge in [-0.3, -0.25) is 0 Å². The minimum Gasteiger partial charge on any atom is -0.337 e. The van der Waals surface area contributed by atoms with Gasteiger partial charge in [0.15, 0.2) is 5.13 Å². The maximum Gasteiger partial charge on any atom is 0.187 e. The number of nitrogens with one attached hydrogen (secondary N) is 1. The number of hydrogen-bond acceptors (Lipinski definition) is 6. The monoisotopic (exact) mass is 312 g/mol. The third kappa shape index (κ3) is 2.79. The molecule has 0 unspecified atom stereocenters.